The highest BCUT2D eigenvalue weighted by Gasteiger charge is 2.40. The van der Waals surface area contributed by atoms with Crippen LogP contribution in [0.3, 0.4) is 0 Å². The lowest BCUT2D eigenvalue weighted by Gasteiger charge is -2.40. The zero-order valence-corrected chi connectivity index (χ0v) is 27.1. The number of benzene rings is 2. The molecule has 3 amide bonds. The third kappa shape index (κ3) is 11.0. The summed E-state index contributed by atoms with van der Waals surface area (Å²) in [5.41, 5.74) is 1.05. The maximum atomic E-state index is 14.7. The molecule has 0 fully saturated rings. The molecular weight excluding hydrogens is 530 g/mol. The number of nitrogens with zero attached hydrogens (tertiary/aromatic N) is 1. The van der Waals surface area contributed by atoms with Gasteiger partial charge in [0.1, 0.15) is 23.4 Å². The maximum Gasteiger partial charge on any atom is 0.408 e. The molecule has 2 aromatic carbocycles. The van der Waals surface area contributed by atoms with Crippen molar-refractivity contribution in [3.63, 3.8) is 0 Å². The van der Waals surface area contributed by atoms with Gasteiger partial charge in [-0.1, -0.05) is 50.2 Å². The van der Waals surface area contributed by atoms with Gasteiger partial charge in [-0.15, -0.1) is 0 Å². The minimum absolute atomic E-state index is 0.101. The number of hydrogen-bond donors (Lipinski definition) is 3. The van der Waals surface area contributed by atoms with Crippen LogP contribution in [0.1, 0.15) is 97.9 Å². The summed E-state index contributed by atoms with van der Waals surface area (Å²) in [6.45, 7) is 19.1. The second-order valence-corrected chi connectivity index (χ2v) is 13.6. The molecule has 0 radical (unpaired) electrons. The summed E-state index contributed by atoms with van der Waals surface area (Å²) in [5.74, 6) is -0.175. The molecule has 0 saturated carbocycles. The summed E-state index contributed by atoms with van der Waals surface area (Å²) in [4.78, 5) is 43.5. The number of ether oxygens (including phenoxy) is 1. The number of hydrogen-bond acceptors (Lipinski definition) is 5. The van der Waals surface area contributed by atoms with Crippen molar-refractivity contribution < 1.29 is 24.2 Å². The number of carbonyl (C=O) groups is 3. The summed E-state index contributed by atoms with van der Waals surface area (Å²) in [7, 11) is 0. The van der Waals surface area contributed by atoms with E-state index in [2.05, 4.69) is 24.5 Å². The van der Waals surface area contributed by atoms with E-state index in [1.807, 2.05) is 58.9 Å². The topological polar surface area (TPSA) is 108 Å². The summed E-state index contributed by atoms with van der Waals surface area (Å²) >= 11 is 0. The Balaban J connectivity index is 2.69. The van der Waals surface area contributed by atoms with E-state index >= 15 is 0 Å². The Morgan fingerprint density at radius 1 is 0.905 bits per heavy atom. The first-order chi connectivity index (χ1) is 19.4. The normalized spacial score (nSPS) is 14.1. The fraction of sp³-hybridized carbons (Fsp3) is 0.559. The van der Waals surface area contributed by atoms with Crippen molar-refractivity contribution in [3.8, 4) is 5.75 Å². The van der Waals surface area contributed by atoms with Crippen molar-refractivity contribution in [1.29, 1.82) is 0 Å². The van der Waals surface area contributed by atoms with E-state index in [-0.39, 0.29) is 30.0 Å². The monoisotopic (exact) mass is 581 g/mol. The van der Waals surface area contributed by atoms with Crippen LogP contribution in [0.5, 0.6) is 5.75 Å². The zero-order valence-electron chi connectivity index (χ0n) is 27.1. The van der Waals surface area contributed by atoms with Gasteiger partial charge in [0.2, 0.25) is 11.8 Å². The average molecular weight is 582 g/mol. The fourth-order valence-corrected chi connectivity index (χ4v) is 4.76. The molecule has 42 heavy (non-hydrogen) atoms. The first-order valence-corrected chi connectivity index (χ1v) is 14.8. The lowest BCUT2D eigenvalue weighted by Crippen LogP contribution is -2.57. The van der Waals surface area contributed by atoms with Crippen LogP contribution in [0, 0.1) is 12.8 Å². The molecule has 0 aliphatic rings. The summed E-state index contributed by atoms with van der Waals surface area (Å²) < 4.78 is 5.53. The van der Waals surface area contributed by atoms with Crippen LogP contribution in [-0.4, -0.2) is 51.1 Å². The van der Waals surface area contributed by atoms with E-state index in [0.717, 1.165) is 23.1 Å². The summed E-state index contributed by atoms with van der Waals surface area (Å²) in [6, 6.07) is 11.8. The van der Waals surface area contributed by atoms with Crippen molar-refractivity contribution in [2.24, 2.45) is 5.92 Å². The molecule has 0 aliphatic heterocycles. The molecule has 0 aliphatic carbocycles. The largest absolute Gasteiger partial charge is 0.508 e. The average Bonchev–Trinajstić information content (AvgIpc) is 2.84. The Labute approximate surface area is 252 Å². The second kappa shape index (κ2) is 14.6. The minimum atomic E-state index is -1.03. The summed E-state index contributed by atoms with van der Waals surface area (Å²) in [5, 5.41) is 15.7. The van der Waals surface area contributed by atoms with Gasteiger partial charge in [-0.05, 0) is 103 Å². The molecule has 8 heteroatoms. The van der Waals surface area contributed by atoms with Crippen LogP contribution in [0.4, 0.5) is 4.79 Å². The van der Waals surface area contributed by atoms with E-state index in [0.29, 0.717) is 12.3 Å². The van der Waals surface area contributed by atoms with Crippen LogP contribution >= 0.6 is 0 Å². The number of rotatable bonds is 11. The predicted octanol–water partition coefficient (Wildman–Crippen LogP) is 6.45. The van der Waals surface area contributed by atoms with Gasteiger partial charge in [-0.2, -0.15) is 0 Å². The Morgan fingerprint density at radius 3 is 2.02 bits per heavy atom. The molecular formula is C34H51N3O5. The Morgan fingerprint density at radius 2 is 1.50 bits per heavy atom. The van der Waals surface area contributed by atoms with Gasteiger partial charge in [0, 0.05) is 18.0 Å². The third-order valence-corrected chi connectivity index (χ3v) is 6.76. The van der Waals surface area contributed by atoms with E-state index in [1.54, 1.807) is 49.9 Å². The molecule has 0 aromatic heterocycles. The molecule has 3 atom stereocenters. The van der Waals surface area contributed by atoms with Crippen LogP contribution in [-0.2, 0) is 20.7 Å². The highest BCUT2D eigenvalue weighted by Crippen LogP contribution is 2.30. The standard InChI is InChI=1S/C34H51N3O5/c1-22(2)15-16-24(4)37(29(30(39)36-33(5,6)7)27-14-12-11-13-23(27)3)31(40)28(35-32(41)42-34(8,9)10)21-25-17-19-26(38)20-18-25/h11-14,17-20,22,24,28-29,38H,15-16,21H2,1-10H3,(H,35,41)(H,36,39). The van der Waals surface area contributed by atoms with E-state index in [4.69, 9.17) is 4.74 Å². The van der Waals surface area contributed by atoms with Crippen molar-refractivity contribution in [3.05, 3.63) is 65.2 Å². The number of phenols is 1. The molecule has 0 spiro atoms. The number of aromatic hydroxyl groups is 1. The van der Waals surface area contributed by atoms with Crippen molar-refractivity contribution in [1.82, 2.24) is 15.5 Å². The van der Waals surface area contributed by atoms with Crippen molar-refractivity contribution >= 4 is 17.9 Å². The number of carbonyl (C=O) groups excluding carboxylic acids is 3. The molecule has 8 nitrogen and oxygen atoms in total. The van der Waals surface area contributed by atoms with Gasteiger partial charge >= 0.3 is 6.09 Å². The highest BCUT2D eigenvalue weighted by molar-refractivity contribution is 5.93. The first kappa shape index (κ1) is 34.7. The van der Waals surface area contributed by atoms with Gasteiger partial charge in [0.25, 0.3) is 0 Å². The number of amides is 3. The molecule has 232 valence electrons. The lowest BCUT2D eigenvalue weighted by atomic mass is 9.93. The molecule has 0 heterocycles. The lowest BCUT2D eigenvalue weighted by molar-refractivity contribution is -0.145. The predicted molar refractivity (Wildman–Crippen MR) is 167 cm³/mol. The third-order valence-electron chi connectivity index (χ3n) is 6.76. The van der Waals surface area contributed by atoms with Gasteiger partial charge < -0.3 is 25.4 Å². The number of phenolic OH excluding ortho intramolecular Hbond substituents is 1. The van der Waals surface area contributed by atoms with Crippen LogP contribution in [0.25, 0.3) is 0 Å². The van der Waals surface area contributed by atoms with Crippen LogP contribution in [0.2, 0.25) is 0 Å². The van der Waals surface area contributed by atoms with Crippen molar-refractivity contribution in [2.45, 2.75) is 118 Å². The SMILES string of the molecule is Cc1ccccc1C(C(=O)NC(C)(C)C)N(C(=O)C(Cc1ccc(O)cc1)NC(=O)OC(C)(C)C)C(C)CCC(C)C. The molecule has 3 unspecified atom stereocenters. The highest BCUT2D eigenvalue weighted by atomic mass is 16.6. The molecule has 0 saturated heterocycles. The fourth-order valence-electron chi connectivity index (χ4n) is 4.76. The number of alkyl carbamates (subject to hydrolysis) is 1. The van der Waals surface area contributed by atoms with Gasteiger partial charge in [0.15, 0.2) is 0 Å². The molecule has 3 N–H and O–H groups in total. The first-order valence-electron chi connectivity index (χ1n) is 14.8. The smallest absolute Gasteiger partial charge is 0.408 e. The molecule has 2 rings (SSSR count). The maximum absolute atomic E-state index is 14.7. The van der Waals surface area contributed by atoms with Crippen LogP contribution < -0.4 is 10.6 Å². The Bertz CT molecular complexity index is 1190. The zero-order chi connectivity index (χ0) is 31.8. The number of aryl methyl sites for hydroxylation is 1. The second-order valence-electron chi connectivity index (χ2n) is 13.6. The van der Waals surface area contributed by atoms with E-state index in [1.165, 1.54) is 0 Å². The van der Waals surface area contributed by atoms with Gasteiger partial charge in [0.05, 0.1) is 0 Å². The molecule has 0 bridgehead atoms. The Hall–Kier alpha value is -3.55. The van der Waals surface area contributed by atoms with Crippen LogP contribution in [0.15, 0.2) is 48.5 Å². The minimum Gasteiger partial charge on any atom is -0.508 e. The quantitative estimate of drug-likeness (QED) is 0.283. The number of nitrogens with one attached hydrogen (secondary N) is 2. The van der Waals surface area contributed by atoms with Crippen molar-refractivity contribution in [2.75, 3.05) is 0 Å². The van der Waals surface area contributed by atoms with Gasteiger partial charge in [-0.3, -0.25) is 9.59 Å². The van der Waals surface area contributed by atoms with E-state index in [9.17, 15) is 19.5 Å². The summed E-state index contributed by atoms with van der Waals surface area (Å²) in [6.07, 6.45) is 0.954. The molecule has 2 aromatic rings. The Kier molecular flexibility index (Phi) is 12.0. The van der Waals surface area contributed by atoms with Gasteiger partial charge in [-0.25, -0.2) is 4.79 Å². The van der Waals surface area contributed by atoms with E-state index < -0.39 is 29.3 Å².